The SMILES string of the molecule is CCOc1cc(N(C)CC(=O)Nc2c(Cl)cccc2Cl)c([N+](=O)[O-])cc1OCC. The van der Waals surface area contributed by atoms with E-state index in [0.717, 1.165) is 0 Å². The van der Waals surface area contributed by atoms with Gasteiger partial charge in [-0.15, -0.1) is 0 Å². The normalized spacial score (nSPS) is 10.4. The number of likely N-dealkylation sites (N-methyl/N-ethyl adjacent to an activating group) is 1. The topological polar surface area (TPSA) is 93.9 Å². The maximum absolute atomic E-state index is 12.5. The van der Waals surface area contributed by atoms with Crippen molar-refractivity contribution in [2.75, 3.05) is 37.0 Å². The van der Waals surface area contributed by atoms with Gasteiger partial charge in [-0.05, 0) is 26.0 Å². The number of hydrogen-bond acceptors (Lipinski definition) is 6. The molecule has 0 aliphatic heterocycles. The number of nitro benzene ring substituents is 1. The summed E-state index contributed by atoms with van der Waals surface area (Å²) in [5.74, 6) is 0.186. The summed E-state index contributed by atoms with van der Waals surface area (Å²) < 4.78 is 11.0. The number of rotatable bonds is 9. The molecule has 0 radical (unpaired) electrons. The van der Waals surface area contributed by atoms with Crippen molar-refractivity contribution < 1.29 is 19.2 Å². The minimum Gasteiger partial charge on any atom is -0.490 e. The average Bonchev–Trinajstić information content (AvgIpc) is 2.66. The molecule has 10 heteroatoms. The second kappa shape index (κ2) is 10.2. The van der Waals surface area contributed by atoms with Gasteiger partial charge in [0.05, 0.1) is 46.5 Å². The van der Waals surface area contributed by atoms with Gasteiger partial charge < -0.3 is 19.7 Å². The first kappa shape index (κ1) is 22.6. The van der Waals surface area contributed by atoms with Crippen LogP contribution in [0.25, 0.3) is 0 Å². The fraction of sp³-hybridized carbons (Fsp3) is 0.316. The molecule has 0 aliphatic carbocycles. The van der Waals surface area contributed by atoms with Crippen molar-refractivity contribution in [3.05, 3.63) is 50.5 Å². The Labute approximate surface area is 178 Å². The van der Waals surface area contributed by atoms with E-state index in [1.165, 1.54) is 17.0 Å². The van der Waals surface area contributed by atoms with Crippen LogP contribution in [0.2, 0.25) is 10.0 Å². The minimum atomic E-state index is -0.535. The van der Waals surface area contributed by atoms with Crippen molar-refractivity contribution in [1.82, 2.24) is 0 Å². The van der Waals surface area contributed by atoms with Crippen LogP contribution in [0.3, 0.4) is 0 Å². The Morgan fingerprint density at radius 2 is 1.69 bits per heavy atom. The van der Waals surface area contributed by atoms with Crippen LogP contribution in [0.4, 0.5) is 17.1 Å². The number of benzene rings is 2. The number of amides is 1. The first-order valence-corrected chi connectivity index (χ1v) is 9.57. The number of nitro groups is 1. The number of carbonyl (C=O) groups is 1. The van der Waals surface area contributed by atoms with Gasteiger partial charge in [0.2, 0.25) is 5.91 Å². The third-order valence-electron chi connectivity index (χ3n) is 3.86. The molecular formula is C19H21Cl2N3O5. The van der Waals surface area contributed by atoms with Crippen LogP contribution in [0, 0.1) is 10.1 Å². The Morgan fingerprint density at radius 3 is 2.21 bits per heavy atom. The second-order valence-electron chi connectivity index (χ2n) is 5.91. The molecule has 0 bridgehead atoms. The molecule has 0 atom stereocenters. The Morgan fingerprint density at radius 1 is 1.14 bits per heavy atom. The number of ether oxygens (including phenoxy) is 2. The molecular weight excluding hydrogens is 421 g/mol. The zero-order valence-corrected chi connectivity index (χ0v) is 17.7. The maximum atomic E-state index is 12.5. The number of anilines is 2. The molecule has 2 rings (SSSR count). The quantitative estimate of drug-likeness (QED) is 0.444. The summed E-state index contributed by atoms with van der Waals surface area (Å²) in [4.78, 5) is 24.9. The van der Waals surface area contributed by atoms with Crippen LogP contribution in [-0.4, -0.2) is 37.6 Å². The second-order valence-corrected chi connectivity index (χ2v) is 6.73. The highest BCUT2D eigenvalue weighted by Crippen LogP contribution is 2.39. The predicted molar refractivity (Wildman–Crippen MR) is 114 cm³/mol. The molecule has 2 aromatic rings. The highest BCUT2D eigenvalue weighted by Gasteiger charge is 2.24. The van der Waals surface area contributed by atoms with Crippen molar-refractivity contribution >= 4 is 46.2 Å². The van der Waals surface area contributed by atoms with Gasteiger partial charge in [0.15, 0.2) is 11.5 Å². The van der Waals surface area contributed by atoms with E-state index in [1.54, 1.807) is 39.1 Å². The zero-order valence-electron chi connectivity index (χ0n) is 16.2. The van der Waals surface area contributed by atoms with Crippen LogP contribution in [-0.2, 0) is 4.79 Å². The Hall–Kier alpha value is -2.71. The van der Waals surface area contributed by atoms with Gasteiger partial charge in [-0.3, -0.25) is 14.9 Å². The van der Waals surface area contributed by atoms with Crippen molar-refractivity contribution in [1.29, 1.82) is 0 Å². The van der Waals surface area contributed by atoms with E-state index in [2.05, 4.69) is 5.32 Å². The van der Waals surface area contributed by atoms with Gasteiger partial charge in [0.1, 0.15) is 5.69 Å². The van der Waals surface area contributed by atoms with Gasteiger partial charge in [-0.2, -0.15) is 0 Å². The lowest BCUT2D eigenvalue weighted by Gasteiger charge is -2.21. The van der Waals surface area contributed by atoms with E-state index in [9.17, 15) is 14.9 Å². The first-order chi connectivity index (χ1) is 13.8. The maximum Gasteiger partial charge on any atom is 0.296 e. The van der Waals surface area contributed by atoms with Crippen LogP contribution in [0.5, 0.6) is 11.5 Å². The summed E-state index contributed by atoms with van der Waals surface area (Å²) in [7, 11) is 1.56. The minimum absolute atomic E-state index is 0.179. The van der Waals surface area contributed by atoms with Crippen LogP contribution >= 0.6 is 23.2 Å². The fourth-order valence-corrected chi connectivity index (χ4v) is 3.12. The largest absolute Gasteiger partial charge is 0.490 e. The molecule has 0 heterocycles. The Kier molecular flexibility index (Phi) is 7.92. The highest BCUT2D eigenvalue weighted by molar-refractivity contribution is 6.39. The van der Waals surface area contributed by atoms with E-state index >= 15 is 0 Å². The molecule has 0 spiro atoms. The first-order valence-electron chi connectivity index (χ1n) is 8.81. The van der Waals surface area contributed by atoms with Crippen molar-refractivity contribution in [2.24, 2.45) is 0 Å². The molecule has 8 nitrogen and oxygen atoms in total. The average molecular weight is 442 g/mol. The summed E-state index contributed by atoms with van der Waals surface area (Å²) in [5.41, 5.74) is 0.288. The van der Waals surface area contributed by atoms with Crippen molar-refractivity contribution in [3.8, 4) is 11.5 Å². The van der Waals surface area contributed by atoms with E-state index < -0.39 is 10.8 Å². The number of carbonyl (C=O) groups excluding carboxylic acids is 1. The Balaban J connectivity index is 2.30. The lowest BCUT2D eigenvalue weighted by Crippen LogP contribution is -2.30. The summed E-state index contributed by atoms with van der Waals surface area (Å²) in [6.45, 7) is 4.06. The van der Waals surface area contributed by atoms with Crippen LogP contribution < -0.4 is 19.7 Å². The Bertz CT molecular complexity index is 887. The standard InChI is InChI=1S/C19H21Cl2N3O5/c1-4-28-16-9-14(15(24(26)27)10-17(16)29-5-2)23(3)11-18(25)22-19-12(20)7-6-8-13(19)21/h6-10H,4-5,11H2,1-3H3,(H,22,25). The summed E-state index contributed by atoms with van der Waals surface area (Å²) in [6.07, 6.45) is 0. The van der Waals surface area contributed by atoms with Gasteiger partial charge in [0, 0.05) is 13.1 Å². The van der Waals surface area contributed by atoms with Crippen molar-refractivity contribution in [2.45, 2.75) is 13.8 Å². The van der Waals surface area contributed by atoms with E-state index in [4.69, 9.17) is 32.7 Å². The van der Waals surface area contributed by atoms with Gasteiger partial charge >= 0.3 is 0 Å². The molecule has 1 N–H and O–H groups in total. The highest BCUT2D eigenvalue weighted by atomic mass is 35.5. The number of halogens is 2. The monoisotopic (exact) mass is 441 g/mol. The molecule has 0 aromatic heterocycles. The van der Waals surface area contributed by atoms with Gasteiger partial charge in [-0.25, -0.2) is 0 Å². The van der Waals surface area contributed by atoms with Gasteiger partial charge in [-0.1, -0.05) is 29.3 Å². The molecule has 1 amide bonds. The third kappa shape index (κ3) is 5.65. The van der Waals surface area contributed by atoms with Crippen LogP contribution in [0.15, 0.2) is 30.3 Å². The fourth-order valence-electron chi connectivity index (χ4n) is 2.62. The predicted octanol–water partition coefficient (Wildman–Crippen LogP) is 4.77. The van der Waals surface area contributed by atoms with E-state index in [-0.39, 0.29) is 29.4 Å². The smallest absolute Gasteiger partial charge is 0.296 e. The van der Waals surface area contributed by atoms with E-state index in [1.807, 2.05) is 0 Å². The number of nitrogens with one attached hydrogen (secondary N) is 1. The van der Waals surface area contributed by atoms with Crippen LogP contribution in [0.1, 0.15) is 13.8 Å². The lowest BCUT2D eigenvalue weighted by molar-refractivity contribution is -0.384. The molecule has 0 saturated carbocycles. The summed E-state index contributed by atoms with van der Waals surface area (Å²) in [5, 5.41) is 14.8. The number of hydrogen-bond donors (Lipinski definition) is 1. The molecule has 0 saturated heterocycles. The molecule has 29 heavy (non-hydrogen) atoms. The van der Waals surface area contributed by atoms with E-state index in [0.29, 0.717) is 29.0 Å². The molecule has 0 fully saturated rings. The van der Waals surface area contributed by atoms with Crippen molar-refractivity contribution in [3.63, 3.8) is 0 Å². The molecule has 0 aliphatic rings. The summed E-state index contributed by atoms with van der Waals surface area (Å²) >= 11 is 12.1. The molecule has 2 aromatic carbocycles. The summed E-state index contributed by atoms with van der Waals surface area (Å²) in [6, 6.07) is 7.63. The molecule has 0 unspecified atom stereocenters. The molecule has 156 valence electrons. The number of nitrogens with zero attached hydrogens (tertiary/aromatic N) is 2. The number of para-hydroxylation sites is 1. The van der Waals surface area contributed by atoms with Gasteiger partial charge in [0.25, 0.3) is 5.69 Å². The lowest BCUT2D eigenvalue weighted by atomic mass is 10.2. The zero-order chi connectivity index (χ0) is 21.6. The third-order valence-corrected chi connectivity index (χ3v) is 4.49.